The third kappa shape index (κ3) is 3.59. The van der Waals surface area contributed by atoms with Gasteiger partial charge in [0.25, 0.3) is 0 Å². The Hall–Kier alpha value is -2.78. The summed E-state index contributed by atoms with van der Waals surface area (Å²) in [4.78, 5) is 26.6. The highest BCUT2D eigenvalue weighted by atomic mass is 32.2. The molecule has 0 bridgehead atoms. The van der Waals surface area contributed by atoms with Crippen molar-refractivity contribution in [3.63, 3.8) is 0 Å². The lowest BCUT2D eigenvalue weighted by Gasteiger charge is -2.23. The van der Waals surface area contributed by atoms with E-state index in [2.05, 4.69) is 5.32 Å². The van der Waals surface area contributed by atoms with Gasteiger partial charge in [0.05, 0.1) is 10.6 Å². The molecule has 1 atom stereocenters. The van der Waals surface area contributed by atoms with Crippen LogP contribution in [0.2, 0.25) is 0 Å². The molecule has 0 aliphatic carbocycles. The van der Waals surface area contributed by atoms with Gasteiger partial charge >= 0.3 is 0 Å². The van der Waals surface area contributed by atoms with Crippen LogP contribution in [0, 0.1) is 5.82 Å². The van der Waals surface area contributed by atoms with E-state index in [4.69, 9.17) is 0 Å². The van der Waals surface area contributed by atoms with Gasteiger partial charge in [0.2, 0.25) is 21.8 Å². The number of carbonyl (C=O) groups excluding carboxylic acids is 2. The molecule has 1 unspecified atom stereocenters. The number of nitrogens with one attached hydrogen (secondary N) is 1. The van der Waals surface area contributed by atoms with Gasteiger partial charge in [-0.05, 0) is 48.7 Å². The van der Waals surface area contributed by atoms with E-state index in [1.165, 1.54) is 46.5 Å². The summed E-state index contributed by atoms with van der Waals surface area (Å²) >= 11 is 0. The molecular weight excluding hydrogens is 409 g/mol. The molecule has 0 radical (unpaired) electrons. The summed E-state index contributed by atoms with van der Waals surface area (Å²) in [7, 11) is -3.61. The molecular formula is C21H22FN3O4S. The van der Waals surface area contributed by atoms with Gasteiger partial charge in [0, 0.05) is 32.1 Å². The molecule has 1 fully saturated rings. The molecule has 0 saturated carbocycles. The van der Waals surface area contributed by atoms with Gasteiger partial charge in [-0.25, -0.2) is 12.8 Å². The summed E-state index contributed by atoms with van der Waals surface area (Å²) in [5.74, 6) is -1.46. The highest BCUT2D eigenvalue weighted by Crippen LogP contribution is 2.35. The topological polar surface area (TPSA) is 86.8 Å². The van der Waals surface area contributed by atoms with Crippen LogP contribution in [0.15, 0.2) is 47.4 Å². The van der Waals surface area contributed by atoms with Crippen LogP contribution in [0.5, 0.6) is 0 Å². The van der Waals surface area contributed by atoms with Gasteiger partial charge in [-0.3, -0.25) is 14.5 Å². The molecule has 2 aromatic rings. The second-order valence-electron chi connectivity index (χ2n) is 7.48. The average molecular weight is 431 g/mol. The zero-order valence-corrected chi connectivity index (χ0v) is 17.3. The maximum atomic E-state index is 13.9. The van der Waals surface area contributed by atoms with E-state index in [1.807, 2.05) is 0 Å². The lowest BCUT2D eigenvalue weighted by atomic mass is 10.1. The Balaban J connectivity index is 1.63. The molecule has 4 rings (SSSR count). The Morgan fingerprint density at radius 3 is 2.47 bits per heavy atom. The summed E-state index contributed by atoms with van der Waals surface area (Å²) in [6.45, 7) is 2.33. The van der Waals surface area contributed by atoms with Crippen molar-refractivity contribution in [1.29, 1.82) is 0 Å². The summed E-state index contributed by atoms with van der Waals surface area (Å²) in [6.07, 6.45) is 1.82. The fraction of sp³-hybridized carbons (Fsp3) is 0.333. The predicted octanol–water partition coefficient (Wildman–Crippen LogP) is 2.53. The van der Waals surface area contributed by atoms with E-state index in [-0.39, 0.29) is 22.9 Å². The number of carbonyl (C=O) groups is 2. The van der Waals surface area contributed by atoms with Crippen LogP contribution in [0.4, 0.5) is 15.8 Å². The first kappa shape index (κ1) is 20.5. The smallest absolute Gasteiger partial charge is 0.247 e. The number of rotatable bonds is 4. The highest BCUT2D eigenvalue weighted by Gasteiger charge is 2.38. The molecule has 9 heteroatoms. The van der Waals surface area contributed by atoms with E-state index in [9.17, 15) is 22.4 Å². The van der Waals surface area contributed by atoms with Crippen LogP contribution in [0.1, 0.15) is 25.3 Å². The summed E-state index contributed by atoms with van der Waals surface area (Å²) in [6, 6.07) is 9.47. The lowest BCUT2D eigenvalue weighted by molar-refractivity contribution is -0.122. The number of fused-ring (bicyclic) bond motifs is 1. The maximum absolute atomic E-state index is 13.9. The number of benzene rings is 2. The summed E-state index contributed by atoms with van der Waals surface area (Å²) in [5.41, 5.74) is 1.12. The van der Waals surface area contributed by atoms with Crippen molar-refractivity contribution < 1.29 is 22.4 Å². The number of hydrogen-bond donors (Lipinski definition) is 1. The lowest BCUT2D eigenvalue weighted by Crippen LogP contribution is -2.44. The van der Waals surface area contributed by atoms with E-state index in [0.29, 0.717) is 24.3 Å². The van der Waals surface area contributed by atoms with Crippen molar-refractivity contribution in [1.82, 2.24) is 4.31 Å². The second-order valence-corrected chi connectivity index (χ2v) is 9.42. The van der Waals surface area contributed by atoms with Crippen molar-refractivity contribution in [2.75, 3.05) is 23.3 Å². The predicted molar refractivity (Wildman–Crippen MR) is 110 cm³/mol. The molecule has 0 aromatic heterocycles. The van der Waals surface area contributed by atoms with E-state index < -0.39 is 27.8 Å². The van der Waals surface area contributed by atoms with Crippen LogP contribution in [0.25, 0.3) is 0 Å². The Bertz CT molecular complexity index is 1110. The zero-order valence-electron chi connectivity index (χ0n) is 16.5. The third-order valence-electron chi connectivity index (χ3n) is 5.51. The first-order valence-electron chi connectivity index (χ1n) is 9.77. The van der Waals surface area contributed by atoms with Gasteiger partial charge in [-0.2, -0.15) is 4.31 Å². The Morgan fingerprint density at radius 2 is 1.80 bits per heavy atom. The van der Waals surface area contributed by atoms with Crippen LogP contribution < -0.4 is 10.2 Å². The number of para-hydroxylation sites is 1. The number of halogens is 1. The number of amides is 2. The van der Waals surface area contributed by atoms with Gasteiger partial charge in [-0.1, -0.05) is 12.1 Å². The van der Waals surface area contributed by atoms with E-state index >= 15 is 0 Å². The fourth-order valence-corrected chi connectivity index (χ4v) is 5.61. The monoisotopic (exact) mass is 431 g/mol. The van der Waals surface area contributed by atoms with E-state index in [1.54, 1.807) is 12.1 Å². The van der Waals surface area contributed by atoms with Gasteiger partial charge < -0.3 is 5.32 Å². The standard InChI is InChI=1S/C21H22FN3O4S/c1-14(26)25-19-9-8-16(30(28,29)24-10-4-5-11-24)12-15(19)13-20(25)21(27)23-18-7-3-2-6-17(18)22/h2-3,6-9,12,20H,4-5,10-11,13H2,1H3,(H,23,27). The second kappa shape index (κ2) is 7.81. The Kier molecular flexibility index (Phi) is 5.33. The first-order chi connectivity index (χ1) is 14.3. The molecule has 2 aromatic carbocycles. The van der Waals surface area contributed by atoms with Crippen LogP contribution in [-0.2, 0) is 26.0 Å². The van der Waals surface area contributed by atoms with Crippen LogP contribution >= 0.6 is 0 Å². The number of hydrogen-bond acceptors (Lipinski definition) is 4. The van der Waals surface area contributed by atoms with Crippen LogP contribution in [-0.4, -0.2) is 43.7 Å². The largest absolute Gasteiger partial charge is 0.322 e. The van der Waals surface area contributed by atoms with Crippen molar-refractivity contribution in [3.8, 4) is 0 Å². The number of nitrogens with zero attached hydrogens (tertiary/aromatic N) is 2. The molecule has 2 aliphatic rings. The molecule has 1 saturated heterocycles. The minimum absolute atomic E-state index is 0.0271. The van der Waals surface area contributed by atoms with Gasteiger partial charge in [-0.15, -0.1) is 0 Å². The zero-order chi connectivity index (χ0) is 21.5. The van der Waals surface area contributed by atoms with Gasteiger partial charge in [0.1, 0.15) is 11.9 Å². The molecule has 1 N–H and O–H groups in total. The van der Waals surface area contributed by atoms with Crippen molar-refractivity contribution >= 4 is 33.2 Å². The molecule has 2 amide bonds. The minimum Gasteiger partial charge on any atom is -0.322 e. The average Bonchev–Trinajstić information content (AvgIpc) is 3.37. The van der Waals surface area contributed by atoms with Crippen molar-refractivity contribution in [2.24, 2.45) is 0 Å². The fourth-order valence-electron chi connectivity index (χ4n) is 4.04. The molecule has 7 nitrogen and oxygen atoms in total. The molecule has 2 heterocycles. The normalized spacial score (nSPS) is 19.0. The Morgan fingerprint density at radius 1 is 1.10 bits per heavy atom. The van der Waals surface area contributed by atoms with Crippen molar-refractivity contribution in [3.05, 3.63) is 53.8 Å². The minimum atomic E-state index is -3.61. The summed E-state index contributed by atoms with van der Waals surface area (Å²) < 4.78 is 41.1. The molecule has 0 spiro atoms. The highest BCUT2D eigenvalue weighted by molar-refractivity contribution is 7.89. The Labute approximate surface area is 174 Å². The maximum Gasteiger partial charge on any atom is 0.247 e. The van der Waals surface area contributed by atoms with Gasteiger partial charge in [0.15, 0.2) is 0 Å². The molecule has 30 heavy (non-hydrogen) atoms. The SMILES string of the molecule is CC(=O)N1c2ccc(S(=O)(=O)N3CCCC3)cc2CC1C(=O)Nc1ccccc1F. The summed E-state index contributed by atoms with van der Waals surface area (Å²) in [5, 5.41) is 2.53. The van der Waals surface area contributed by atoms with Crippen molar-refractivity contribution in [2.45, 2.75) is 37.1 Å². The third-order valence-corrected chi connectivity index (χ3v) is 7.41. The number of anilines is 2. The quantitative estimate of drug-likeness (QED) is 0.806. The first-order valence-corrected chi connectivity index (χ1v) is 11.2. The molecule has 2 aliphatic heterocycles. The molecule has 158 valence electrons. The van der Waals surface area contributed by atoms with Crippen LogP contribution in [0.3, 0.4) is 0 Å². The number of sulfonamides is 1. The van der Waals surface area contributed by atoms with E-state index in [0.717, 1.165) is 12.8 Å².